The maximum absolute atomic E-state index is 13.1. The smallest absolute Gasteiger partial charge is 0.239 e. The number of likely N-dealkylation sites (N-methyl/N-ethyl adjacent to an activating group) is 1. The molecule has 0 spiro atoms. The van der Waals surface area contributed by atoms with Crippen molar-refractivity contribution in [2.75, 3.05) is 44.9 Å². The Morgan fingerprint density at radius 1 is 1.17 bits per heavy atom. The van der Waals surface area contributed by atoms with E-state index in [2.05, 4.69) is 19.1 Å². The molecule has 0 saturated carbocycles. The summed E-state index contributed by atoms with van der Waals surface area (Å²) in [5.41, 5.74) is 1.89. The number of fused-ring (bicyclic) bond motifs is 1. The third-order valence-electron chi connectivity index (χ3n) is 4.35. The lowest BCUT2D eigenvalue weighted by Crippen LogP contribution is -2.37. The second-order valence-electron chi connectivity index (χ2n) is 6.87. The quantitative estimate of drug-likeness (QED) is 0.455. The predicted octanol–water partition coefficient (Wildman–Crippen LogP) is 4.95. The summed E-state index contributed by atoms with van der Waals surface area (Å²) >= 11 is 9.32. The molecule has 8 heteroatoms. The van der Waals surface area contributed by atoms with Crippen molar-refractivity contribution >= 4 is 56.0 Å². The number of aromatic nitrogens is 1. The number of ether oxygens (including phenoxy) is 1. The molecule has 0 radical (unpaired) electrons. The molecule has 3 rings (SSSR count). The van der Waals surface area contributed by atoms with Gasteiger partial charge in [-0.2, -0.15) is 0 Å². The number of carbonyl (C=O) groups is 1. The van der Waals surface area contributed by atoms with Crippen molar-refractivity contribution in [2.45, 2.75) is 11.8 Å². The van der Waals surface area contributed by atoms with Gasteiger partial charge in [0.1, 0.15) is 11.3 Å². The highest BCUT2D eigenvalue weighted by atomic mass is 35.5. The van der Waals surface area contributed by atoms with Crippen LogP contribution in [0.1, 0.15) is 5.56 Å². The molecule has 29 heavy (non-hydrogen) atoms. The molecule has 0 saturated heterocycles. The number of thioether (sulfide) groups is 1. The zero-order chi connectivity index (χ0) is 21.0. The van der Waals surface area contributed by atoms with Gasteiger partial charge in [-0.05, 0) is 45.3 Å². The molecule has 1 heterocycles. The summed E-state index contributed by atoms with van der Waals surface area (Å²) in [4.78, 5) is 22.7. The van der Waals surface area contributed by atoms with E-state index < -0.39 is 0 Å². The molecule has 2 aromatic carbocycles. The summed E-state index contributed by atoms with van der Waals surface area (Å²) in [6.07, 6.45) is 0. The monoisotopic (exact) mass is 449 g/mol. The second-order valence-corrected chi connectivity index (χ2v) is 9.31. The summed E-state index contributed by atoms with van der Waals surface area (Å²) in [5.74, 6) is 1.02. The van der Waals surface area contributed by atoms with Crippen molar-refractivity contribution in [3.63, 3.8) is 0 Å². The van der Waals surface area contributed by atoms with Crippen molar-refractivity contribution in [3.8, 4) is 5.75 Å². The second kappa shape index (κ2) is 9.80. The highest BCUT2D eigenvalue weighted by Gasteiger charge is 2.22. The van der Waals surface area contributed by atoms with E-state index in [9.17, 15) is 4.79 Å². The fourth-order valence-electron chi connectivity index (χ4n) is 2.71. The molecule has 0 aliphatic heterocycles. The highest BCUT2D eigenvalue weighted by molar-refractivity contribution is 8.00. The first-order valence-corrected chi connectivity index (χ1v) is 11.3. The van der Waals surface area contributed by atoms with E-state index in [0.29, 0.717) is 33.7 Å². The number of rotatable bonds is 8. The van der Waals surface area contributed by atoms with E-state index in [1.54, 1.807) is 24.1 Å². The van der Waals surface area contributed by atoms with E-state index in [0.717, 1.165) is 16.1 Å². The molecule has 0 unspecified atom stereocenters. The number of halogens is 1. The van der Waals surface area contributed by atoms with Crippen molar-refractivity contribution in [1.82, 2.24) is 9.88 Å². The van der Waals surface area contributed by atoms with Gasteiger partial charge in [-0.15, -0.1) is 11.8 Å². The lowest BCUT2D eigenvalue weighted by atomic mass is 10.2. The van der Waals surface area contributed by atoms with Crippen LogP contribution in [0.5, 0.6) is 5.75 Å². The highest BCUT2D eigenvalue weighted by Crippen LogP contribution is 2.38. The Morgan fingerprint density at radius 2 is 1.90 bits per heavy atom. The molecule has 0 atom stereocenters. The Bertz CT molecular complexity index is 990. The molecule has 154 valence electrons. The predicted molar refractivity (Wildman–Crippen MR) is 124 cm³/mol. The van der Waals surface area contributed by atoms with Gasteiger partial charge in [-0.3, -0.25) is 9.69 Å². The summed E-state index contributed by atoms with van der Waals surface area (Å²) in [5, 5.41) is 1.25. The SMILES string of the molecule is COc1ccc(Cl)c2sc(N(CCN(C)C)C(=O)CSc3ccc(C)cc3)nc12. The van der Waals surface area contributed by atoms with E-state index in [-0.39, 0.29) is 5.91 Å². The molecule has 1 aromatic heterocycles. The van der Waals surface area contributed by atoms with E-state index in [1.807, 2.05) is 31.1 Å². The van der Waals surface area contributed by atoms with Gasteiger partial charge >= 0.3 is 0 Å². The molecule has 0 bridgehead atoms. The number of hydrogen-bond acceptors (Lipinski definition) is 6. The number of aryl methyl sites for hydroxylation is 1. The van der Waals surface area contributed by atoms with Gasteiger partial charge < -0.3 is 9.64 Å². The molecule has 0 aliphatic carbocycles. The van der Waals surface area contributed by atoms with Gasteiger partial charge in [0.15, 0.2) is 5.13 Å². The molecule has 0 fully saturated rings. The van der Waals surface area contributed by atoms with Crippen LogP contribution in [-0.4, -0.2) is 55.8 Å². The summed E-state index contributed by atoms with van der Waals surface area (Å²) in [6, 6.07) is 11.8. The average Bonchev–Trinajstić information content (AvgIpc) is 3.14. The Labute approximate surface area is 184 Å². The van der Waals surface area contributed by atoms with Gasteiger partial charge in [0.25, 0.3) is 0 Å². The van der Waals surface area contributed by atoms with E-state index in [4.69, 9.17) is 21.3 Å². The number of carbonyl (C=O) groups excluding carboxylic acids is 1. The van der Waals surface area contributed by atoms with Gasteiger partial charge in [0.05, 0.1) is 22.6 Å². The zero-order valence-electron chi connectivity index (χ0n) is 16.9. The maximum atomic E-state index is 13.1. The van der Waals surface area contributed by atoms with Crippen LogP contribution in [-0.2, 0) is 4.79 Å². The van der Waals surface area contributed by atoms with Crippen molar-refractivity contribution in [2.24, 2.45) is 0 Å². The minimum Gasteiger partial charge on any atom is -0.494 e. The topological polar surface area (TPSA) is 45.7 Å². The third-order valence-corrected chi connectivity index (χ3v) is 6.89. The molecule has 0 N–H and O–H groups in total. The first-order chi connectivity index (χ1) is 13.9. The van der Waals surface area contributed by atoms with Gasteiger partial charge in [-0.1, -0.05) is 40.6 Å². The number of amides is 1. The molecule has 3 aromatic rings. The van der Waals surface area contributed by atoms with Crippen molar-refractivity contribution in [1.29, 1.82) is 0 Å². The van der Waals surface area contributed by atoms with Gasteiger partial charge in [0, 0.05) is 18.0 Å². The standard InChI is InChI=1S/C21H24ClN3O2S2/c1-14-5-7-15(8-6-14)28-13-18(26)25(12-11-24(2)3)21-23-19-17(27-4)10-9-16(22)20(19)29-21/h5-10H,11-13H2,1-4H3. The van der Waals surface area contributed by atoms with Gasteiger partial charge in [-0.25, -0.2) is 4.98 Å². The number of thiazole rings is 1. The molecular formula is C21H24ClN3O2S2. The van der Waals surface area contributed by atoms with Crippen LogP contribution in [0.3, 0.4) is 0 Å². The summed E-state index contributed by atoms with van der Waals surface area (Å²) in [6.45, 7) is 3.34. The summed E-state index contributed by atoms with van der Waals surface area (Å²) < 4.78 is 6.25. The third kappa shape index (κ3) is 5.42. The van der Waals surface area contributed by atoms with Crippen LogP contribution in [0.4, 0.5) is 5.13 Å². The fourth-order valence-corrected chi connectivity index (χ4v) is 4.78. The van der Waals surface area contributed by atoms with Crippen LogP contribution in [0.25, 0.3) is 10.2 Å². The molecule has 1 amide bonds. The fraction of sp³-hybridized carbons (Fsp3) is 0.333. The van der Waals surface area contributed by atoms with Crippen molar-refractivity contribution < 1.29 is 9.53 Å². The first kappa shape index (κ1) is 21.9. The van der Waals surface area contributed by atoms with Gasteiger partial charge in [0.2, 0.25) is 5.91 Å². The minimum atomic E-state index is 0.0200. The molecule has 0 aliphatic rings. The Balaban J connectivity index is 1.86. The Hall–Kier alpha value is -1.80. The number of hydrogen-bond donors (Lipinski definition) is 0. The van der Waals surface area contributed by atoms with E-state index >= 15 is 0 Å². The number of benzene rings is 2. The zero-order valence-corrected chi connectivity index (χ0v) is 19.3. The van der Waals surface area contributed by atoms with Crippen LogP contribution in [0.15, 0.2) is 41.3 Å². The first-order valence-electron chi connectivity index (χ1n) is 9.16. The minimum absolute atomic E-state index is 0.0200. The number of methoxy groups -OCH3 is 1. The Morgan fingerprint density at radius 3 is 2.55 bits per heavy atom. The lowest BCUT2D eigenvalue weighted by molar-refractivity contribution is -0.116. The normalized spacial score (nSPS) is 11.2. The van der Waals surface area contributed by atoms with Crippen LogP contribution < -0.4 is 9.64 Å². The van der Waals surface area contributed by atoms with Crippen molar-refractivity contribution in [3.05, 3.63) is 47.0 Å². The molecule has 5 nitrogen and oxygen atoms in total. The largest absolute Gasteiger partial charge is 0.494 e. The van der Waals surface area contributed by atoms with Crippen LogP contribution in [0, 0.1) is 6.92 Å². The Kier molecular flexibility index (Phi) is 7.40. The van der Waals surface area contributed by atoms with Crippen LogP contribution in [0.2, 0.25) is 5.02 Å². The summed E-state index contributed by atoms with van der Waals surface area (Å²) in [7, 11) is 5.58. The number of anilines is 1. The van der Waals surface area contributed by atoms with E-state index in [1.165, 1.54) is 28.7 Å². The average molecular weight is 450 g/mol. The maximum Gasteiger partial charge on any atom is 0.239 e. The number of nitrogens with zero attached hydrogens (tertiary/aromatic N) is 3. The lowest BCUT2D eigenvalue weighted by Gasteiger charge is -2.21. The molecular weight excluding hydrogens is 426 g/mol. The van der Waals surface area contributed by atoms with Crippen LogP contribution >= 0.6 is 34.7 Å².